The lowest BCUT2D eigenvalue weighted by atomic mass is 9.99. The number of hydrogen-bond acceptors (Lipinski definition) is 13. The fraction of sp³-hybridized carbons (Fsp3) is 0.739. The minimum Gasteiger partial charge on any atom is -0.464 e. The van der Waals surface area contributed by atoms with E-state index in [0.29, 0.717) is 0 Å². The summed E-state index contributed by atoms with van der Waals surface area (Å²) in [5, 5.41) is 10.6. The number of aromatic nitrogens is 4. The summed E-state index contributed by atoms with van der Waals surface area (Å²) in [5.74, 6) is -1.15. The van der Waals surface area contributed by atoms with Gasteiger partial charge in [0.05, 0.1) is 32.3 Å². The number of esters is 1. The molecular weight excluding hydrogens is 612 g/mol. The van der Waals surface area contributed by atoms with Crippen molar-refractivity contribution in [3.05, 3.63) is 16.7 Å². The maximum Gasteiger partial charge on any atom is 0.415 e. The molecule has 8 N–H and O–H groups in total. The third kappa shape index (κ3) is 8.69. The first-order valence-electron chi connectivity index (χ1n) is 13.9. The van der Waals surface area contributed by atoms with Gasteiger partial charge in [-0.3, -0.25) is 28.2 Å². The van der Waals surface area contributed by atoms with Crippen molar-refractivity contribution in [1.29, 1.82) is 0 Å². The lowest BCUT2D eigenvalue weighted by Gasteiger charge is -2.33. The Morgan fingerprint density at radius 1 is 1.26 bits per heavy atom. The normalized spacial score (nSPS) is 22.6. The Labute approximate surface area is 247 Å². The summed E-state index contributed by atoms with van der Waals surface area (Å²) < 4.78 is 49.1. The third-order valence-corrected chi connectivity index (χ3v) is 10.9. The molecule has 1 aliphatic rings. The zero-order chi connectivity index (χ0) is 31.9. The van der Waals surface area contributed by atoms with Gasteiger partial charge in [-0.2, -0.15) is 4.98 Å². The van der Waals surface area contributed by atoms with Crippen LogP contribution in [-0.4, -0.2) is 89.4 Å². The largest absolute Gasteiger partial charge is 0.464 e. The van der Waals surface area contributed by atoms with Crippen LogP contribution in [0, 0.1) is 5.92 Å². The van der Waals surface area contributed by atoms with E-state index in [1.165, 1.54) is 10.9 Å². The van der Waals surface area contributed by atoms with Crippen LogP contribution >= 0.6 is 15.5 Å². The molecule has 1 aliphatic heterocycles. The molecular formula is C23H41N7O11P2. The topological polar surface area (TPSA) is 268 Å². The van der Waals surface area contributed by atoms with Crippen LogP contribution in [0.1, 0.15) is 59.1 Å². The monoisotopic (exact) mass is 653 g/mol. The molecule has 2 aromatic heterocycles. The van der Waals surface area contributed by atoms with Gasteiger partial charge in [-0.1, -0.05) is 31.1 Å². The van der Waals surface area contributed by atoms with Crippen LogP contribution in [0.15, 0.2) is 11.1 Å². The zero-order valence-electron chi connectivity index (χ0n) is 24.3. The number of aromatic amines is 1. The van der Waals surface area contributed by atoms with Crippen molar-refractivity contribution in [3.63, 3.8) is 0 Å². The van der Waals surface area contributed by atoms with Crippen molar-refractivity contribution in [3.8, 4) is 0 Å². The molecule has 0 aromatic carbocycles. The lowest BCUT2D eigenvalue weighted by molar-refractivity contribution is -0.148. The summed E-state index contributed by atoms with van der Waals surface area (Å²) in [6.07, 6.45) is 1.15. The van der Waals surface area contributed by atoms with E-state index in [4.69, 9.17) is 30.0 Å². The molecule has 3 heterocycles. The van der Waals surface area contributed by atoms with Gasteiger partial charge in [-0.15, -0.1) is 0 Å². The van der Waals surface area contributed by atoms with Gasteiger partial charge in [0.25, 0.3) is 5.56 Å². The average Bonchev–Trinajstić information content (AvgIpc) is 3.52. The van der Waals surface area contributed by atoms with Gasteiger partial charge in [0.15, 0.2) is 11.2 Å². The smallest absolute Gasteiger partial charge is 0.415 e. The third-order valence-electron chi connectivity index (χ3n) is 6.81. The van der Waals surface area contributed by atoms with Crippen molar-refractivity contribution >= 4 is 38.6 Å². The minimum atomic E-state index is -5.29. The highest BCUT2D eigenvalue weighted by molar-refractivity contribution is 7.66. The quantitative estimate of drug-likeness (QED) is 0.103. The van der Waals surface area contributed by atoms with Crippen molar-refractivity contribution in [2.24, 2.45) is 11.7 Å². The molecule has 1 saturated heterocycles. The number of anilines is 1. The lowest BCUT2D eigenvalue weighted by Crippen LogP contribution is -2.38. The Morgan fingerprint density at radius 3 is 2.53 bits per heavy atom. The molecule has 0 saturated carbocycles. The zero-order valence-corrected chi connectivity index (χ0v) is 26.1. The number of imidazole rings is 1. The molecule has 20 heteroatoms. The molecule has 244 valence electrons. The molecule has 2 aromatic rings. The Kier molecular flexibility index (Phi) is 12.4. The summed E-state index contributed by atoms with van der Waals surface area (Å²) in [6, 6.07) is -1.75. The molecule has 43 heavy (non-hydrogen) atoms. The van der Waals surface area contributed by atoms with E-state index < -0.39 is 64.7 Å². The number of hydrogen-bond donors (Lipinski definition) is 6. The van der Waals surface area contributed by atoms with Gasteiger partial charge in [0.2, 0.25) is 5.95 Å². The fourth-order valence-corrected chi connectivity index (χ4v) is 8.21. The Hall–Kier alpha value is -2.24. The molecule has 1 fully saturated rings. The second-order valence-electron chi connectivity index (χ2n) is 10.2. The number of carbonyl (C=O) groups is 1. The highest BCUT2D eigenvalue weighted by Crippen LogP contribution is 2.65. The molecule has 6 atom stereocenters. The maximum atomic E-state index is 13.4. The summed E-state index contributed by atoms with van der Waals surface area (Å²) in [7, 11) is -10.4. The summed E-state index contributed by atoms with van der Waals surface area (Å²) >= 11 is 0. The number of nitrogens with two attached hydrogens (primary N) is 2. The average molecular weight is 654 g/mol. The highest BCUT2D eigenvalue weighted by atomic mass is 31.3. The standard InChI is InChI=1S/C23H41N7O11P2/c1-4-6-15(7-5-2)11-38-22(33)14(3)30(42(34,35)39-9-8-24)43(36,37)40-12-17-16(31)10-18(41-17)29-13-26-19-20(29)27-23(25)28-21(19)32/h13-18,31H,4-12,24H2,1-3H3,(H,34,35)(H,36,37)(H3,25,27,28,32)/t14-,16-,17+,18+/m0/s1. The first kappa shape index (κ1) is 35.2. The molecule has 2 unspecified atom stereocenters. The second-order valence-corrected chi connectivity index (χ2v) is 13.8. The fourth-order valence-electron chi connectivity index (χ4n) is 4.77. The number of fused-ring (bicyclic) bond motifs is 1. The number of carbonyl (C=O) groups excluding carboxylic acids is 1. The van der Waals surface area contributed by atoms with E-state index in [-0.39, 0.29) is 47.0 Å². The number of rotatable bonds is 17. The molecule has 0 bridgehead atoms. The van der Waals surface area contributed by atoms with Crippen LogP contribution in [0.3, 0.4) is 0 Å². The van der Waals surface area contributed by atoms with Crippen LogP contribution in [0.2, 0.25) is 0 Å². The van der Waals surface area contributed by atoms with Crippen molar-refractivity contribution in [2.75, 3.05) is 32.1 Å². The molecule has 0 spiro atoms. The second kappa shape index (κ2) is 15.2. The van der Waals surface area contributed by atoms with Gasteiger partial charge < -0.3 is 35.8 Å². The molecule has 0 radical (unpaired) electrons. The summed E-state index contributed by atoms with van der Waals surface area (Å²) in [4.78, 5) is 56.9. The van der Waals surface area contributed by atoms with Crippen LogP contribution < -0.4 is 17.0 Å². The van der Waals surface area contributed by atoms with Crippen molar-refractivity contribution < 1.29 is 47.3 Å². The number of H-pyrrole nitrogens is 1. The van der Waals surface area contributed by atoms with E-state index in [1.54, 1.807) is 0 Å². The predicted molar refractivity (Wildman–Crippen MR) is 153 cm³/mol. The summed E-state index contributed by atoms with van der Waals surface area (Å²) in [6.45, 7) is 3.72. The predicted octanol–water partition coefficient (Wildman–Crippen LogP) is 0.993. The van der Waals surface area contributed by atoms with Crippen molar-refractivity contribution in [2.45, 2.75) is 77.4 Å². The maximum absolute atomic E-state index is 13.4. The molecule has 0 aliphatic carbocycles. The van der Waals surface area contributed by atoms with Crippen LogP contribution in [-0.2, 0) is 32.4 Å². The first-order chi connectivity index (χ1) is 20.2. The number of aliphatic hydroxyl groups is 1. The molecule has 3 rings (SSSR count). The van der Waals surface area contributed by atoms with E-state index in [9.17, 15) is 33.6 Å². The van der Waals surface area contributed by atoms with E-state index in [1.807, 2.05) is 13.8 Å². The number of nitrogens with one attached hydrogen (secondary N) is 1. The van der Waals surface area contributed by atoms with Crippen LogP contribution in [0.25, 0.3) is 11.2 Å². The van der Waals surface area contributed by atoms with Gasteiger partial charge in [0.1, 0.15) is 18.4 Å². The van der Waals surface area contributed by atoms with E-state index in [0.717, 1.165) is 32.6 Å². The molecule has 0 amide bonds. The van der Waals surface area contributed by atoms with Gasteiger partial charge >= 0.3 is 21.5 Å². The summed E-state index contributed by atoms with van der Waals surface area (Å²) in [5.41, 5.74) is 10.5. The van der Waals surface area contributed by atoms with Gasteiger partial charge in [0, 0.05) is 13.0 Å². The Bertz CT molecular complexity index is 1380. The SMILES string of the molecule is CCCC(CCC)COC(=O)[C@H](C)N(P(=O)(O)OCCN)P(=O)(O)OC[C@H]1O[C@@H](n2cnc3c(=O)[nH]c(N)nc32)C[C@@H]1O. The van der Waals surface area contributed by atoms with Gasteiger partial charge in [-0.25, -0.2) is 14.1 Å². The van der Waals surface area contributed by atoms with Crippen LogP contribution in [0.5, 0.6) is 0 Å². The number of aliphatic hydroxyl groups excluding tert-OH is 1. The van der Waals surface area contributed by atoms with Crippen molar-refractivity contribution in [1.82, 2.24) is 24.0 Å². The Balaban J connectivity index is 1.76. The number of ether oxygens (including phenoxy) is 2. The van der Waals surface area contributed by atoms with Crippen LogP contribution in [0.4, 0.5) is 5.95 Å². The van der Waals surface area contributed by atoms with E-state index >= 15 is 0 Å². The van der Waals surface area contributed by atoms with Gasteiger partial charge in [-0.05, 0) is 25.7 Å². The highest BCUT2D eigenvalue weighted by Gasteiger charge is 2.51. The van der Waals surface area contributed by atoms with E-state index in [2.05, 4.69) is 15.0 Å². The number of nitrogen functional groups attached to an aromatic ring is 1. The number of nitrogens with zero attached hydrogens (tertiary/aromatic N) is 4. The Morgan fingerprint density at radius 2 is 1.91 bits per heavy atom. The molecule has 18 nitrogen and oxygen atoms in total. The first-order valence-corrected chi connectivity index (χ1v) is 17.0. The minimum absolute atomic E-state index is 0.0183.